The van der Waals surface area contributed by atoms with E-state index in [1.165, 1.54) is 0 Å². The molecule has 130 valence electrons. The van der Waals surface area contributed by atoms with Gasteiger partial charge in [-0.3, -0.25) is 4.79 Å². The smallest absolute Gasteiger partial charge is 0.309 e. The Morgan fingerprint density at radius 1 is 1.12 bits per heavy atom. The first-order valence-corrected chi connectivity index (χ1v) is 8.17. The van der Waals surface area contributed by atoms with E-state index in [1.807, 2.05) is 42.5 Å². The van der Waals surface area contributed by atoms with Crippen molar-refractivity contribution >= 4 is 5.97 Å². The van der Waals surface area contributed by atoms with Gasteiger partial charge in [0.1, 0.15) is 5.75 Å². The van der Waals surface area contributed by atoms with Crippen molar-refractivity contribution in [2.24, 2.45) is 5.92 Å². The summed E-state index contributed by atoms with van der Waals surface area (Å²) in [6, 6.07) is 12.9. The third-order valence-corrected chi connectivity index (χ3v) is 4.94. The first-order chi connectivity index (χ1) is 12.2. The molecule has 3 atom stereocenters. The van der Waals surface area contributed by atoms with Gasteiger partial charge in [-0.05, 0) is 35.4 Å². The Hall–Kier alpha value is -2.73. The number of carboxylic acids is 1. The molecule has 0 aliphatic carbocycles. The number of carboxylic acid groups (broad SMARTS) is 1. The summed E-state index contributed by atoms with van der Waals surface area (Å²) in [5.41, 5.74) is 1.89. The van der Waals surface area contributed by atoms with E-state index in [-0.39, 0.29) is 18.8 Å². The third-order valence-electron chi connectivity index (χ3n) is 4.94. The molecule has 1 saturated heterocycles. The normalized spacial score (nSPS) is 24.3. The molecule has 2 aromatic rings. The van der Waals surface area contributed by atoms with E-state index in [9.17, 15) is 9.90 Å². The molecule has 0 amide bonds. The van der Waals surface area contributed by atoms with Crippen molar-refractivity contribution in [2.45, 2.75) is 12.0 Å². The number of methoxy groups -OCH3 is 1. The van der Waals surface area contributed by atoms with Crippen LogP contribution in [0.2, 0.25) is 0 Å². The fourth-order valence-electron chi connectivity index (χ4n) is 3.66. The second-order valence-electron chi connectivity index (χ2n) is 6.24. The maximum absolute atomic E-state index is 12.0. The predicted octanol–water partition coefficient (Wildman–Crippen LogP) is 2.55. The van der Waals surface area contributed by atoms with Gasteiger partial charge in [0.25, 0.3) is 0 Å². The Bertz CT molecular complexity index is 789. The molecule has 3 unspecified atom stereocenters. The number of nitrogens with one attached hydrogen (secondary N) is 1. The second kappa shape index (κ2) is 6.29. The van der Waals surface area contributed by atoms with Crippen LogP contribution in [0.15, 0.2) is 42.5 Å². The van der Waals surface area contributed by atoms with E-state index < -0.39 is 11.9 Å². The zero-order valence-electron chi connectivity index (χ0n) is 13.8. The van der Waals surface area contributed by atoms with Crippen LogP contribution in [0.1, 0.15) is 23.1 Å². The molecule has 2 heterocycles. The Morgan fingerprint density at radius 3 is 2.56 bits per heavy atom. The molecule has 6 heteroatoms. The van der Waals surface area contributed by atoms with Crippen LogP contribution in [0, 0.1) is 5.92 Å². The number of fused-ring (bicyclic) bond motifs is 1. The Kier molecular flexibility index (Phi) is 3.97. The number of carbonyl (C=O) groups is 1. The zero-order chi connectivity index (χ0) is 17.4. The number of ether oxygens (including phenoxy) is 3. The Labute approximate surface area is 145 Å². The predicted molar refractivity (Wildman–Crippen MR) is 90.2 cm³/mol. The zero-order valence-corrected chi connectivity index (χ0v) is 13.8. The van der Waals surface area contributed by atoms with Crippen molar-refractivity contribution in [1.82, 2.24) is 5.32 Å². The van der Waals surface area contributed by atoms with Crippen LogP contribution in [-0.4, -0.2) is 31.5 Å². The van der Waals surface area contributed by atoms with Crippen LogP contribution in [0.3, 0.4) is 0 Å². The molecule has 25 heavy (non-hydrogen) atoms. The summed E-state index contributed by atoms with van der Waals surface area (Å²) in [6.45, 7) is 0.797. The standard InChI is InChI=1S/C19H19NO5/c1-23-13-5-2-11(3-6-13)18-17(19(21)22)14(9-20-18)12-4-7-15-16(8-12)25-10-24-15/h2-8,14,17-18,20H,9-10H2,1H3,(H,21,22). The van der Waals surface area contributed by atoms with Crippen LogP contribution in [0.4, 0.5) is 0 Å². The maximum atomic E-state index is 12.0. The summed E-state index contributed by atoms with van der Waals surface area (Å²) in [7, 11) is 1.61. The van der Waals surface area contributed by atoms with Gasteiger partial charge in [-0.15, -0.1) is 0 Å². The molecule has 0 radical (unpaired) electrons. The molecule has 1 fully saturated rings. The van der Waals surface area contributed by atoms with E-state index >= 15 is 0 Å². The van der Waals surface area contributed by atoms with Crippen molar-refractivity contribution in [2.75, 3.05) is 20.4 Å². The highest BCUT2D eigenvalue weighted by atomic mass is 16.7. The van der Waals surface area contributed by atoms with E-state index in [0.717, 1.165) is 16.9 Å². The lowest BCUT2D eigenvalue weighted by atomic mass is 9.83. The fourth-order valence-corrected chi connectivity index (χ4v) is 3.66. The van der Waals surface area contributed by atoms with Crippen molar-refractivity contribution in [3.8, 4) is 17.2 Å². The minimum Gasteiger partial charge on any atom is -0.497 e. The molecule has 0 aromatic heterocycles. The van der Waals surface area contributed by atoms with Crippen molar-refractivity contribution in [3.63, 3.8) is 0 Å². The van der Waals surface area contributed by atoms with Gasteiger partial charge in [-0.25, -0.2) is 0 Å². The van der Waals surface area contributed by atoms with Gasteiger partial charge in [0.05, 0.1) is 13.0 Å². The number of aliphatic carboxylic acids is 1. The lowest BCUT2D eigenvalue weighted by Gasteiger charge is -2.21. The highest BCUT2D eigenvalue weighted by molar-refractivity contribution is 5.73. The first-order valence-electron chi connectivity index (χ1n) is 8.17. The molecule has 6 nitrogen and oxygen atoms in total. The van der Waals surface area contributed by atoms with Crippen LogP contribution >= 0.6 is 0 Å². The molecule has 0 spiro atoms. The second-order valence-corrected chi connectivity index (χ2v) is 6.24. The van der Waals surface area contributed by atoms with Crippen molar-refractivity contribution in [3.05, 3.63) is 53.6 Å². The molecule has 2 aliphatic heterocycles. The fraction of sp³-hybridized carbons (Fsp3) is 0.316. The van der Waals surface area contributed by atoms with Gasteiger partial charge in [-0.1, -0.05) is 18.2 Å². The summed E-state index contributed by atoms with van der Waals surface area (Å²) in [5.74, 6) is 0.616. The van der Waals surface area contributed by atoms with Gasteiger partial charge in [0.2, 0.25) is 6.79 Å². The monoisotopic (exact) mass is 341 g/mol. The van der Waals surface area contributed by atoms with Gasteiger partial charge >= 0.3 is 5.97 Å². The summed E-state index contributed by atoms with van der Waals surface area (Å²) < 4.78 is 15.9. The highest BCUT2D eigenvalue weighted by Gasteiger charge is 2.42. The molecular weight excluding hydrogens is 322 g/mol. The molecule has 0 saturated carbocycles. The molecule has 2 aromatic carbocycles. The van der Waals surface area contributed by atoms with E-state index in [1.54, 1.807) is 7.11 Å². The SMILES string of the molecule is COc1ccc(C2NCC(c3ccc4c(c3)OCO4)C2C(=O)O)cc1. The number of benzene rings is 2. The van der Waals surface area contributed by atoms with E-state index in [4.69, 9.17) is 14.2 Å². The van der Waals surface area contributed by atoms with Gasteiger partial charge in [0, 0.05) is 18.5 Å². The largest absolute Gasteiger partial charge is 0.497 e. The van der Waals surface area contributed by atoms with Crippen LogP contribution in [0.25, 0.3) is 0 Å². The molecule has 0 bridgehead atoms. The van der Waals surface area contributed by atoms with Gasteiger partial charge in [0.15, 0.2) is 11.5 Å². The number of hydrogen-bond acceptors (Lipinski definition) is 5. The molecule has 2 N–H and O–H groups in total. The van der Waals surface area contributed by atoms with Crippen molar-refractivity contribution in [1.29, 1.82) is 0 Å². The van der Waals surface area contributed by atoms with Gasteiger partial charge < -0.3 is 24.6 Å². The van der Waals surface area contributed by atoms with Gasteiger partial charge in [-0.2, -0.15) is 0 Å². The lowest BCUT2D eigenvalue weighted by Crippen LogP contribution is -2.25. The summed E-state index contributed by atoms with van der Waals surface area (Å²) >= 11 is 0. The molecular formula is C19H19NO5. The van der Waals surface area contributed by atoms with Crippen LogP contribution < -0.4 is 19.5 Å². The topological polar surface area (TPSA) is 77.0 Å². The summed E-state index contributed by atoms with van der Waals surface area (Å²) in [4.78, 5) is 12.0. The lowest BCUT2D eigenvalue weighted by molar-refractivity contribution is -0.142. The minimum atomic E-state index is -0.812. The Balaban J connectivity index is 1.64. The molecule has 2 aliphatic rings. The summed E-state index contributed by atoms with van der Waals surface area (Å²) in [5, 5.41) is 13.2. The maximum Gasteiger partial charge on any atom is 0.309 e. The average Bonchev–Trinajstić information content (AvgIpc) is 3.27. The number of hydrogen-bond donors (Lipinski definition) is 2. The van der Waals surface area contributed by atoms with E-state index in [2.05, 4.69) is 5.32 Å². The van der Waals surface area contributed by atoms with Crippen LogP contribution in [-0.2, 0) is 4.79 Å². The summed E-state index contributed by atoms with van der Waals surface area (Å²) in [6.07, 6.45) is 0. The minimum absolute atomic E-state index is 0.140. The average molecular weight is 341 g/mol. The number of rotatable bonds is 4. The third kappa shape index (κ3) is 2.78. The van der Waals surface area contributed by atoms with Crippen molar-refractivity contribution < 1.29 is 24.1 Å². The molecule has 4 rings (SSSR count). The first kappa shape index (κ1) is 15.8. The quantitative estimate of drug-likeness (QED) is 0.890. The van der Waals surface area contributed by atoms with E-state index in [0.29, 0.717) is 18.0 Å². The highest BCUT2D eigenvalue weighted by Crippen LogP contribution is 2.43. The Morgan fingerprint density at radius 2 is 1.84 bits per heavy atom. The van der Waals surface area contributed by atoms with Crippen LogP contribution in [0.5, 0.6) is 17.2 Å².